The molecule has 0 aliphatic carbocycles. The summed E-state index contributed by atoms with van der Waals surface area (Å²) in [5.74, 6) is -1.19. The molecule has 12 heteroatoms. The molecule has 2 heterocycles. The lowest BCUT2D eigenvalue weighted by atomic mass is 10.1. The third-order valence-electron chi connectivity index (χ3n) is 6.63. The molecule has 10 nitrogen and oxygen atoms in total. The molecule has 1 aliphatic rings. The fourth-order valence-corrected chi connectivity index (χ4v) is 6.10. The molecule has 0 atom stereocenters. The van der Waals surface area contributed by atoms with E-state index in [1.807, 2.05) is 23.1 Å². The highest BCUT2D eigenvalue weighted by Crippen LogP contribution is 2.41. The maximum Gasteiger partial charge on any atom is 0.337 e. The predicted molar refractivity (Wildman–Crippen MR) is 154 cm³/mol. The van der Waals surface area contributed by atoms with E-state index in [4.69, 9.17) is 16.3 Å². The molecule has 0 radical (unpaired) electrons. The van der Waals surface area contributed by atoms with Gasteiger partial charge in [0.05, 0.1) is 34.0 Å². The highest BCUT2D eigenvalue weighted by molar-refractivity contribution is 7.22. The van der Waals surface area contributed by atoms with Crippen molar-refractivity contribution in [3.05, 3.63) is 97.9 Å². The van der Waals surface area contributed by atoms with Crippen LogP contribution in [0.3, 0.4) is 0 Å². The van der Waals surface area contributed by atoms with Gasteiger partial charge in [0.1, 0.15) is 9.58 Å². The minimum absolute atomic E-state index is 0.0525. The fourth-order valence-electron chi connectivity index (χ4n) is 4.61. The number of fused-ring (bicyclic) bond motifs is 1. The second-order valence-corrected chi connectivity index (χ2v) is 10.4. The fraction of sp³-hybridized carbons (Fsp3) is 0.179. The van der Waals surface area contributed by atoms with Crippen LogP contribution >= 0.6 is 22.9 Å². The molecular formula is C28H23ClN4O6S. The summed E-state index contributed by atoms with van der Waals surface area (Å²) >= 11 is 7.42. The first-order valence-electron chi connectivity index (χ1n) is 12.3. The number of piperazine rings is 1. The largest absolute Gasteiger partial charge is 0.465 e. The van der Waals surface area contributed by atoms with Crippen LogP contribution in [-0.4, -0.2) is 60.9 Å². The maximum absolute atomic E-state index is 13.4. The van der Waals surface area contributed by atoms with Crippen LogP contribution in [0.5, 0.6) is 0 Å². The van der Waals surface area contributed by atoms with Crippen LogP contribution in [0.4, 0.5) is 17.1 Å². The summed E-state index contributed by atoms with van der Waals surface area (Å²) in [6.45, 7) is 1.92. The second kappa shape index (κ2) is 11.3. The van der Waals surface area contributed by atoms with Gasteiger partial charge in [-0.25, -0.2) is 4.79 Å². The highest BCUT2D eigenvalue weighted by Gasteiger charge is 2.27. The van der Waals surface area contributed by atoms with E-state index in [1.165, 1.54) is 25.3 Å². The first-order chi connectivity index (χ1) is 19.3. The molecule has 0 bridgehead atoms. The lowest BCUT2D eigenvalue weighted by Crippen LogP contribution is -2.49. The number of benzene rings is 3. The predicted octanol–water partition coefficient (Wildman–Crippen LogP) is 5.46. The number of hydrogen-bond acceptors (Lipinski definition) is 8. The van der Waals surface area contributed by atoms with Crippen LogP contribution in [0, 0.1) is 10.1 Å². The monoisotopic (exact) mass is 578 g/mol. The number of hydrogen-bond donors (Lipinski definition) is 1. The minimum Gasteiger partial charge on any atom is -0.465 e. The number of esters is 1. The summed E-state index contributed by atoms with van der Waals surface area (Å²) in [4.78, 5) is 53.4. The van der Waals surface area contributed by atoms with Crippen molar-refractivity contribution in [1.82, 2.24) is 4.90 Å². The zero-order valence-corrected chi connectivity index (χ0v) is 22.8. The summed E-state index contributed by atoms with van der Waals surface area (Å²) < 4.78 is 5.15. The molecule has 5 rings (SSSR count). The molecule has 204 valence electrons. The maximum atomic E-state index is 13.4. The van der Waals surface area contributed by atoms with E-state index in [9.17, 15) is 24.5 Å². The molecule has 0 saturated carbocycles. The summed E-state index contributed by atoms with van der Waals surface area (Å²) in [5, 5.41) is 14.8. The van der Waals surface area contributed by atoms with Crippen LogP contribution < -0.4 is 10.2 Å². The van der Waals surface area contributed by atoms with Crippen LogP contribution in [0.25, 0.3) is 10.1 Å². The van der Waals surface area contributed by atoms with Crippen molar-refractivity contribution in [1.29, 1.82) is 0 Å². The number of carbonyl (C=O) groups is 3. The van der Waals surface area contributed by atoms with Gasteiger partial charge in [0.15, 0.2) is 0 Å². The number of nitro benzene ring substituents is 1. The third-order valence-corrected chi connectivity index (χ3v) is 8.36. The lowest BCUT2D eigenvalue weighted by molar-refractivity contribution is -0.382. The van der Waals surface area contributed by atoms with Gasteiger partial charge in [-0.05, 0) is 30.3 Å². The Bertz CT molecular complexity index is 1630. The highest BCUT2D eigenvalue weighted by atomic mass is 35.5. The number of carbonyl (C=O) groups excluding carboxylic acids is 3. The number of rotatable bonds is 6. The van der Waals surface area contributed by atoms with Gasteiger partial charge in [0, 0.05) is 43.2 Å². The number of thiophene rings is 1. The quantitative estimate of drug-likeness (QED) is 0.183. The zero-order valence-electron chi connectivity index (χ0n) is 21.3. The normalized spacial score (nSPS) is 13.2. The number of non-ortho nitro benzene ring substituents is 1. The molecule has 1 N–H and O–H groups in total. The lowest BCUT2D eigenvalue weighted by Gasteiger charge is -2.37. The van der Waals surface area contributed by atoms with E-state index in [1.54, 1.807) is 35.2 Å². The molecule has 3 aromatic carbocycles. The van der Waals surface area contributed by atoms with Gasteiger partial charge in [0.2, 0.25) is 0 Å². The Morgan fingerprint density at radius 2 is 1.70 bits per heavy atom. The molecule has 2 amide bonds. The van der Waals surface area contributed by atoms with Crippen molar-refractivity contribution in [2.45, 2.75) is 0 Å². The van der Waals surface area contributed by atoms with E-state index in [0.29, 0.717) is 53.2 Å². The molecule has 1 aliphatic heterocycles. The van der Waals surface area contributed by atoms with Crippen LogP contribution in [0.15, 0.2) is 66.7 Å². The molecule has 0 unspecified atom stereocenters. The Hall–Kier alpha value is -4.48. The topological polar surface area (TPSA) is 122 Å². The number of nitro groups is 1. The summed E-state index contributed by atoms with van der Waals surface area (Å²) in [7, 11) is 1.27. The number of nitrogens with one attached hydrogen (secondary N) is 1. The average Bonchev–Trinajstić information content (AvgIpc) is 3.33. The van der Waals surface area contributed by atoms with E-state index < -0.39 is 16.8 Å². The Kier molecular flexibility index (Phi) is 7.67. The Labute approximate surface area is 237 Å². The van der Waals surface area contributed by atoms with Crippen molar-refractivity contribution < 1.29 is 24.0 Å². The SMILES string of the molecule is COC(=O)c1ccc(N2CCN(C(=O)c3ccccc3)CC2)c(NC(=O)c2sc3c([N+](=O)[O-])cccc3c2Cl)c1. The standard InChI is InChI=1S/C28H23ClN4O6S/c1-39-28(36)18-10-11-21(31-12-14-32(15-13-31)27(35)17-6-3-2-4-7-17)20(16-18)30-26(34)25-23(29)19-8-5-9-22(33(37)38)24(19)40-25/h2-11,16H,12-15H2,1H3,(H,30,34). The van der Waals surface area contributed by atoms with E-state index >= 15 is 0 Å². The Balaban J connectivity index is 1.42. The number of ether oxygens (including phenoxy) is 1. The van der Waals surface area contributed by atoms with Gasteiger partial charge in [0.25, 0.3) is 17.5 Å². The second-order valence-electron chi connectivity index (χ2n) is 8.98. The third kappa shape index (κ3) is 5.21. The van der Waals surface area contributed by atoms with E-state index in [-0.39, 0.29) is 27.1 Å². The van der Waals surface area contributed by atoms with Crippen molar-refractivity contribution in [2.75, 3.05) is 43.5 Å². The van der Waals surface area contributed by atoms with Crippen LogP contribution in [-0.2, 0) is 4.74 Å². The van der Waals surface area contributed by atoms with Gasteiger partial charge >= 0.3 is 5.97 Å². The minimum atomic E-state index is -0.573. The summed E-state index contributed by atoms with van der Waals surface area (Å²) in [6, 6.07) is 18.4. The molecule has 1 fully saturated rings. The zero-order chi connectivity index (χ0) is 28.4. The van der Waals surface area contributed by atoms with E-state index in [0.717, 1.165) is 11.3 Å². The smallest absolute Gasteiger partial charge is 0.337 e. The average molecular weight is 579 g/mol. The number of nitrogens with zero attached hydrogens (tertiary/aromatic N) is 3. The van der Waals surface area contributed by atoms with Gasteiger partial charge in [-0.15, -0.1) is 11.3 Å². The molecule has 1 aromatic heterocycles. The van der Waals surface area contributed by atoms with Crippen molar-refractivity contribution >= 4 is 67.9 Å². The van der Waals surface area contributed by atoms with E-state index in [2.05, 4.69) is 5.32 Å². The number of methoxy groups -OCH3 is 1. The summed E-state index contributed by atoms with van der Waals surface area (Å²) in [6.07, 6.45) is 0. The Morgan fingerprint density at radius 1 is 0.975 bits per heavy atom. The molecule has 4 aromatic rings. The molecule has 1 saturated heterocycles. The van der Waals surface area contributed by atoms with Crippen molar-refractivity contribution in [3.8, 4) is 0 Å². The van der Waals surface area contributed by atoms with Crippen LogP contribution in [0.1, 0.15) is 30.4 Å². The van der Waals surface area contributed by atoms with Gasteiger partial charge in [-0.3, -0.25) is 19.7 Å². The number of halogens is 1. The van der Waals surface area contributed by atoms with Gasteiger partial charge < -0.3 is 19.9 Å². The molecule has 0 spiro atoms. The Morgan fingerprint density at radius 3 is 2.38 bits per heavy atom. The van der Waals surface area contributed by atoms with Crippen molar-refractivity contribution in [3.63, 3.8) is 0 Å². The number of amides is 2. The van der Waals surface area contributed by atoms with Crippen LogP contribution in [0.2, 0.25) is 5.02 Å². The van der Waals surface area contributed by atoms with Crippen molar-refractivity contribution in [2.24, 2.45) is 0 Å². The first-order valence-corrected chi connectivity index (χ1v) is 13.5. The summed E-state index contributed by atoms with van der Waals surface area (Å²) in [5.41, 5.74) is 1.71. The first kappa shape index (κ1) is 27.1. The number of anilines is 2. The molecule has 40 heavy (non-hydrogen) atoms. The van der Waals surface area contributed by atoms with Gasteiger partial charge in [-0.1, -0.05) is 41.9 Å². The molecular weight excluding hydrogens is 556 g/mol. The van der Waals surface area contributed by atoms with Gasteiger partial charge in [-0.2, -0.15) is 0 Å².